The van der Waals surface area contributed by atoms with E-state index in [2.05, 4.69) is 26.1 Å². The summed E-state index contributed by atoms with van der Waals surface area (Å²) in [6.45, 7) is 7.93. The Balaban J connectivity index is 0.00000225. The van der Waals surface area contributed by atoms with E-state index in [-0.39, 0.29) is 17.9 Å². The van der Waals surface area contributed by atoms with E-state index in [1.807, 2.05) is 11.4 Å². The molecule has 2 nitrogen and oxygen atoms in total. The Labute approximate surface area is 113 Å². The zero-order valence-electron chi connectivity index (χ0n) is 9.92. The Morgan fingerprint density at radius 1 is 1.56 bits per heavy atom. The van der Waals surface area contributed by atoms with Gasteiger partial charge in [-0.1, -0.05) is 25.4 Å². The Kier molecular flexibility index (Phi) is 6.90. The average Bonchev–Trinajstić information content (AvgIpc) is 2.60. The number of hydrogen-bond donors (Lipinski definition) is 2. The summed E-state index contributed by atoms with van der Waals surface area (Å²) in [6, 6.07) is 1.93. The van der Waals surface area contributed by atoms with Crippen molar-refractivity contribution in [2.45, 2.75) is 32.9 Å². The topological polar surface area (TPSA) is 38.0 Å². The number of thiophene rings is 1. The van der Waals surface area contributed by atoms with Gasteiger partial charge >= 0.3 is 0 Å². The fourth-order valence-electron chi connectivity index (χ4n) is 1.25. The molecule has 3 N–H and O–H groups in total. The molecular weight excluding hydrogens is 263 g/mol. The van der Waals surface area contributed by atoms with Gasteiger partial charge in [-0.05, 0) is 24.3 Å². The summed E-state index contributed by atoms with van der Waals surface area (Å²) in [4.78, 5) is 1.18. The van der Waals surface area contributed by atoms with Crippen LogP contribution < -0.4 is 11.1 Å². The summed E-state index contributed by atoms with van der Waals surface area (Å²) in [6.07, 6.45) is 0. The molecule has 1 heterocycles. The van der Waals surface area contributed by atoms with Crippen LogP contribution in [-0.2, 0) is 6.54 Å². The summed E-state index contributed by atoms with van der Waals surface area (Å²) in [5.41, 5.74) is 5.77. The zero-order valence-corrected chi connectivity index (χ0v) is 12.3. The molecule has 0 saturated heterocycles. The van der Waals surface area contributed by atoms with Gasteiger partial charge in [-0.25, -0.2) is 0 Å². The quantitative estimate of drug-likeness (QED) is 0.870. The lowest BCUT2D eigenvalue weighted by molar-refractivity contribution is 0.268. The first kappa shape index (κ1) is 16.2. The van der Waals surface area contributed by atoms with Gasteiger partial charge in [0.2, 0.25) is 0 Å². The van der Waals surface area contributed by atoms with E-state index in [1.165, 1.54) is 4.88 Å². The van der Waals surface area contributed by atoms with E-state index in [4.69, 9.17) is 17.3 Å². The van der Waals surface area contributed by atoms with Crippen LogP contribution in [0.2, 0.25) is 5.02 Å². The Morgan fingerprint density at radius 3 is 2.56 bits per heavy atom. The van der Waals surface area contributed by atoms with Gasteiger partial charge in [0.25, 0.3) is 0 Å². The van der Waals surface area contributed by atoms with Crippen molar-refractivity contribution in [3.63, 3.8) is 0 Å². The lowest BCUT2D eigenvalue weighted by atomic mass is 9.88. The van der Waals surface area contributed by atoms with Crippen LogP contribution >= 0.6 is 35.3 Å². The Bertz CT molecular complexity index is 315. The number of nitrogens with one attached hydrogen (secondary N) is 1. The molecule has 0 bridgehead atoms. The summed E-state index contributed by atoms with van der Waals surface area (Å²) >= 11 is 7.71. The predicted octanol–water partition coefficient (Wildman–Crippen LogP) is 3.29. The van der Waals surface area contributed by atoms with E-state index in [0.717, 1.165) is 11.6 Å². The Hall–Kier alpha value is 0.200. The van der Waals surface area contributed by atoms with Crippen molar-refractivity contribution < 1.29 is 0 Å². The van der Waals surface area contributed by atoms with Crippen molar-refractivity contribution in [2.75, 3.05) is 6.54 Å². The van der Waals surface area contributed by atoms with Crippen LogP contribution in [-0.4, -0.2) is 12.1 Å². The van der Waals surface area contributed by atoms with Crippen LogP contribution in [0.15, 0.2) is 11.4 Å². The van der Waals surface area contributed by atoms with Gasteiger partial charge in [0, 0.05) is 23.5 Å². The minimum Gasteiger partial charge on any atom is -0.329 e. The molecule has 1 aromatic heterocycles. The second kappa shape index (κ2) is 6.82. The highest BCUT2D eigenvalue weighted by molar-refractivity contribution is 7.10. The predicted molar refractivity (Wildman–Crippen MR) is 75.7 cm³/mol. The van der Waals surface area contributed by atoms with Crippen LogP contribution in [0.4, 0.5) is 0 Å². The van der Waals surface area contributed by atoms with E-state index in [0.29, 0.717) is 12.5 Å². The van der Waals surface area contributed by atoms with Gasteiger partial charge in [0.05, 0.1) is 5.02 Å². The summed E-state index contributed by atoms with van der Waals surface area (Å²) < 4.78 is 0. The molecule has 0 fully saturated rings. The standard InChI is InChI=1S/C11H19ClN2S.ClH/c1-8(2)11(3,7-13)14-6-10-9(12)4-5-15-10;/h4-5,8,14H,6-7,13H2,1-3H3;1H. The second-order valence-corrected chi connectivity index (χ2v) is 5.73. The molecule has 94 valence electrons. The molecule has 1 atom stereocenters. The highest BCUT2D eigenvalue weighted by Crippen LogP contribution is 2.23. The monoisotopic (exact) mass is 282 g/mol. The lowest BCUT2D eigenvalue weighted by Gasteiger charge is -2.33. The Morgan fingerprint density at radius 2 is 2.19 bits per heavy atom. The first-order valence-corrected chi connectivity index (χ1v) is 6.42. The number of halogens is 2. The van der Waals surface area contributed by atoms with E-state index in [9.17, 15) is 0 Å². The third-order valence-electron chi connectivity index (χ3n) is 3.04. The molecule has 0 radical (unpaired) electrons. The first-order chi connectivity index (χ1) is 6.99. The van der Waals surface area contributed by atoms with Crippen LogP contribution in [0.1, 0.15) is 25.6 Å². The minimum atomic E-state index is -0.0205. The molecule has 5 heteroatoms. The molecule has 0 saturated carbocycles. The molecule has 0 spiro atoms. The van der Waals surface area contributed by atoms with E-state index >= 15 is 0 Å². The molecule has 1 unspecified atom stereocenters. The normalized spacial score (nSPS) is 14.6. The fourth-order valence-corrected chi connectivity index (χ4v) is 2.29. The summed E-state index contributed by atoms with van der Waals surface area (Å²) in [5.74, 6) is 0.501. The van der Waals surface area contributed by atoms with Crippen molar-refractivity contribution in [1.82, 2.24) is 5.32 Å². The average molecular weight is 283 g/mol. The fraction of sp³-hybridized carbons (Fsp3) is 0.636. The third-order valence-corrected chi connectivity index (χ3v) is 4.43. The number of nitrogens with two attached hydrogens (primary N) is 1. The maximum Gasteiger partial charge on any atom is 0.0558 e. The molecule has 1 aromatic rings. The smallest absolute Gasteiger partial charge is 0.0558 e. The van der Waals surface area contributed by atoms with E-state index in [1.54, 1.807) is 11.3 Å². The van der Waals surface area contributed by atoms with Gasteiger partial charge in [0.1, 0.15) is 0 Å². The molecule has 0 aromatic carbocycles. The molecular formula is C11H20Cl2N2S. The lowest BCUT2D eigenvalue weighted by Crippen LogP contribution is -2.52. The maximum absolute atomic E-state index is 6.03. The molecule has 0 aliphatic rings. The molecule has 0 aliphatic heterocycles. The van der Waals surface area contributed by atoms with Crippen molar-refractivity contribution in [3.05, 3.63) is 21.3 Å². The summed E-state index contributed by atoms with van der Waals surface area (Å²) in [7, 11) is 0. The third kappa shape index (κ3) is 3.90. The highest BCUT2D eigenvalue weighted by Gasteiger charge is 2.25. The zero-order chi connectivity index (χ0) is 11.5. The number of hydrogen-bond acceptors (Lipinski definition) is 3. The largest absolute Gasteiger partial charge is 0.329 e. The van der Waals surface area contributed by atoms with Gasteiger partial charge in [0.15, 0.2) is 0 Å². The SMILES string of the molecule is CC(C)C(C)(CN)NCc1sccc1Cl.Cl. The summed E-state index contributed by atoms with van der Waals surface area (Å²) in [5, 5.41) is 6.34. The van der Waals surface area contributed by atoms with Crippen molar-refractivity contribution >= 4 is 35.3 Å². The van der Waals surface area contributed by atoms with Crippen molar-refractivity contribution in [1.29, 1.82) is 0 Å². The van der Waals surface area contributed by atoms with Crippen molar-refractivity contribution in [3.8, 4) is 0 Å². The second-order valence-electron chi connectivity index (χ2n) is 4.32. The van der Waals surface area contributed by atoms with Crippen LogP contribution in [0.25, 0.3) is 0 Å². The van der Waals surface area contributed by atoms with E-state index < -0.39 is 0 Å². The molecule has 0 amide bonds. The minimum absolute atomic E-state index is 0. The first-order valence-electron chi connectivity index (χ1n) is 5.16. The van der Waals surface area contributed by atoms with Crippen molar-refractivity contribution in [2.24, 2.45) is 11.7 Å². The van der Waals surface area contributed by atoms with Crippen LogP contribution in [0.3, 0.4) is 0 Å². The maximum atomic E-state index is 6.03. The van der Waals surface area contributed by atoms with Gasteiger partial charge in [-0.15, -0.1) is 23.7 Å². The highest BCUT2D eigenvalue weighted by atomic mass is 35.5. The van der Waals surface area contributed by atoms with Gasteiger partial charge in [-0.2, -0.15) is 0 Å². The number of rotatable bonds is 5. The van der Waals surface area contributed by atoms with Gasteiger partial charge < -0.3 is 11.1 Å². The molecule has 0 aliphatic carbocycles. The van der Waals surface area contributed by atoms with Crippen LogP contribution in [0.5, 0.6) is 0 Å². The molecule has 1 rings (SSSR count). The van der Waals surface area contributed by atoms with Gasteiger partial charge in [-0.3, -0.25) is 0 Å². The molecule has 16 heavy (non-hydrogen) atoms. The van der Waals surface area contributed by atoms with Crippen LogP contribution in [0, 0.1) is 5.92 Å².